The number of primary amides is 1. The molecule has 0 radical (unpaired) electrons. The fourth-order valence-corrected chi connectivity index (χ4v) is 2.21. The minimum atomic E-state index is -0.658. The van der Waals surface area contributed by atoms with E-state index in [-0.39, 0.29) is 6.61 Å². The van der Waals surface area contributed by atoms with E-state index in [0.29, 0.717) is 42.5 Å². The van der Waals surface area contributed by atoms with Gasteiger partial charge in [0, 0.05) is 18.7 Å². The summed E-state index contributed by atoms with van der Waals surface area (Å²) in [4.78, 5) is 11.0. The van der Waals surface area contributed by atoms with Crippen LogP contribution in [-0.2, 0) is 0 Å². The Kier molecular flexibility index (Phi) is 7.73. The third-order valence-corrected chi connectivity index (χ3v) is 3.57. The molecule has 26 heavy (non-hydrogen) atoms. The van der Waals surface area contributed by atoms with Crippen molar-refractivity contribution in [2.24, 2.45) is 5.73 Å². The van der Waals surface area contributed by atoms with Gasteiger partial charge in [0.2, 0.25) is 5.91 Å². The molecule has 4 N–H and O–H groups in total. The third kappa shape index (κ3) is 6.27. The van der Waals surface area contributed by atoms with E-state index in [0.717, 1.165) is 0 Å². The van der Waals surface area contributed by atoms with Crippen molar-refractivity contribution in [2.75, 3.05) is 33.4 Å². The summed E-state index contributed by atoms with van der Waals surface area (Å²) in [7, 11) is 1.57. The molecule has 0 aliphatic carbocycles. The van der Waals surface area contributed by atoms with Gasteiger partial charge in [0.1, 0.15) is 25.1 Å². The van der Waals surface area contributed by atoms with Crippen LogP contribution in [0, 0.1) is 0 Å². The SMILES string of the molecule is COc1ccccc1OCC(O)CNCCOc1ccc(C(N)=O)cc1. The van der Waals surface area contributed by atoms with Gasteiger partial charge in [-0.2, -0.15) is 0 Å². The van der Waals surface area contributed by atoms with Gasteiger partial charge in [-0.3, -0.25) is 4.79 Å². The molecular formula is C19H24N2O5. The molecule has 0 saturated heterocycles. The molecule has 7 nitrogen and oxygen atoms in total. The zero-order valence-corrected chi connectivity index (χ0v) is 14.7. The monoisotopic (exact) mass is 360 g/mol. The highest BCUT2D eigenvalue weighted by atomic mass is 16.5. The van der Waals surface area contributed by atoms with Crippen molar-refractivity contribution in [1.29, 1.82) is 0 Å². The molecule has 0 saturated carbocycles. The van der Waals surface area contributed by atoms with E-state index < -0.39 is 12.0 Å². The molecule has 1 amide bonds. The van der Waals surface area contributed by atoms with Gasteiger partial charge in [0.25, 0.3) is 0 Å². The Bertz CT molecular complexity index is 691. The summed E-state index contributed by atoms with van der Waals surface area (Å²) < 4.78 is 16.3. The molecule has 2 aromatic rings. The lowest BCUT2D eigenvalue weighted by atomic mass is 10.2. The maximum absolute atomic E-state index is 11.0. The van der Waals surface area contributed by atoms with E-state index in [1.165, 1.54) is 0 Å². The van der Waals surface area contributed by atoms with Crippen LogP contribution >= 0.6 is 0 Å². The normalized spacial score (nSPS) is 11.6. The molecule has 0 fully saturated rings. The predicted molar refractivity (Wildman–Crippen MR) is 97.8 cm³/mol. The topological polar surface area (TPSA) is 103 Å². The second kappa shape index (κ2) is 10.3. The highest BCUT2D eigenvalue weighted by Crippen LogP contribution is 2.25. The minimum Gasteiger partial charge on any atom is -0.493 e. The molecule has 0 heterocycles. The number of ether oxygens (including phenoxy) is 3. The zero-order chi connectivity index (χ0) is 18.8. The number of carbonyl (C=O) groups is 1. The van der Waals surface area contributed by atoms with Crippen LogP contribution in [0.1, 0.15) is 10.4 Å². The Morgan fingerprint density at radius 3 is 2.46 bits per heavy atom. The summed E-state index contributed by atoms with van der Waals surface area (Å²) >= 11 is 0. The Balaban J connectivity index is 1.61. The molecule has 2 aromatic carbocycles. The molecule has 0 aromatic heterocycles. The van der Waals surface area contributed by atoms with Gasteiger partial charge in [-0.15, -0.1) is 0 Å². The molecule has 7 heteroatoms. The van der Waals surface area contributed by atoms with Crippen molar-refractivity contribution in [3.05, 3.63) is 54.1 Å². The number of aliphatic hydroxyl groups excluding tert-OH is 1. The highest BCUT2D eigenvalue weighted by Gasteiger charge is 2.08. The summed E-state index contributed by atoms with van der Waals surface area (Å²) in [6, 6.07) is 13.9. The molecule has 1 unspecified atom stereocenters. The number of methoxy groups -OCH3 is 1. The van der Waals surface area contributed by atoms with Gasteiger partial charge in [-0.1, -0.05) is 12.1 Å². The lowest BCUT2D eigenvalue weighted by Crippen LogP contribution is -2.33. The number of aliphatic hydroxyl groups is 1. The van der Waals surface area contributed by atoms with Crippen LogP contribution in [0.25, 0.3) is 0 Å². The first-order chi connectivity index (χ1) is 12.6. The van der Waals surface area contributed by atoms with E-state index >= 15 is 0 Å². The first kappa shape index (κ1) is 19.6. The van der Waals surface area contributed by atoms with Gasteiger partial charge in [0.15, 0.2) is 11.5 Å². The molecule has 0 spiro atoms. The lowest BCUT2D eigenvalue weighted by Gasteiger charge is -2.15. The number of hydrogen-bond donors (Lipinski definition) is 3. The summed E-state index contributed by atoms with van der Waals surface area (Å²) in [6.45, 7) is 1.52. The number of benzene rings is 2. The Hall–Kier alpha value is -2.77. The van der Waals surface area contributed by atoms with Crippen LogP contribution in [0.2, 0.25) is 0 Å². The predicted octanol–water partition coefficient (Wildman–Crippen LogP) is 1.20. The first-order valence-electron chi connectivity index (χ1n) is 8.27. The van der Waals surface area contributed by atoms with Crippen LogP contribution in [0.3, 0.4) is 0 Å². The summed E-state index contributed by atoms with van der Waals surface area (Å²) in [5, 5.41) is 13.0. The average Bonchev–Trinajstić information content (AvgIpc) is 2.66. The standard InChI is InChI=1S/C19H24N2O5/c1-24-17-4-2-3-5-18(17)26-13-15(22)12-21-10-11-25-16-8-6-14(7-9-16)19(20)23/h2-9,15,21-22H,10-13H2,1H3,(H2,20,23). The molecular weight excluding hydrogens is 336 g/mol. The van der Waals surface area contributed by atoms with E-state index in [4.69, 9.17) is 19.9 Å². The van der Waals surface area contributed by atoms with Crippen LogP contribution in [0.5, 0.6) is 17.2 Å². The smallest absolute Gasteiger partial charge is 0.248 e. The van der Waals surface area contributed by atoms with Crippen molar-refractivity contribution < 1.29 is 24.1 Å². The molecule has 0 bridgehead atoms. The molecule has 0 aliphatic heterocycles. The van der Waals surface area contributed by atoms with Crippen molar-refractivity contribution in [3.63, 3.8) is 0 Å². The fourth-order valence-electron chi connectivity index (χ4n) is 2.21. The maximum Gasteiger partial charge on any atom is 0.248 e. The molecule has 1 atom stereocenters. The number of carbonyl (C=O) groups excluding carboxylic acids is 1. The Labute approximate surface area is 152 Å². The first-order valence-corrected chi connectivity index (χ1v) is 8.27. The summed E-state index contributed by atoms with van der Waals surface area (Å²) in [5.74, 6) is 1.40. The van der Waals surface area contributed by atoms with E-state index in [1.54, 1.807) is 43.5 Å². The molecule has 0 aliphatic rings. The van der Waals surface area contributed by atoms with Crippen molar-refractivity contribution >= 4 is 5.91 Å². The number of para-hydroxylation sites is 2. The van der Waals surface area contributed by atoms with Gasteiger partial charge in [-0.05, 0) is 36.4 Å². The van der Waals surface area contributed by atoms with E-state index in [2.05, 4.69) is 5.32 Å². The number of nitrogens with two attached hydrogens (primary N) is 1. The van der Waals surface area contributed by atoms with Gasteiger partial charge < -0.3 is 30.4 Å². The van der Waals surface area contributed by atoms with Gasteiger partial charge in [-0.25, -0.2) is 0 Å². The molecule has 2 rings (SSSR count). The number of amides is 1. The number of nitrogens with one attached hydrogen (secondary N) is 1. The van der Waals surface area contributed by atoms with Gasteiger partial charge >= 0.3 is 0 Å². The number of hydrogen-bond acceptors (Lipinski definition) is 6. The third-order valence-electron chi connectivity index (χ3n) is 3.57. The maximum atomic E-state index is 11.0. The lowest BCUT2D eigenvalue weighted by molar-refractivity contribution is 0.1000. The van der Waals surface area contributed by atoms with Gasteiger partial charge in [0.05, 0.1) is 7.11 Å². The van der Waals surface area contributed by atoms with Crippen LogP contribution < -0.4 is 25.3 Å². The quantitative estimate of drug-likeness (QED) is 0.521. The fraction of sp³-hybridized carbons (Fsp3) is 0.316. The van der Waals surface area contributed by atoms with Crippen molar-refractivity contribution in [3.8, 4) is 17.2 Å². The molecule has 140 valence electrons. The minimum absolute atomic E-state index is 0.156. The second-order valence-corrected chi connectivity index (χ2v) is 5.56. The summed E-state index contributed by atoms with van der Waals surface area (Å²) in [6.07, 6.45) is -0.658. The average molecular weight is 360 g/mol. The summed E-state index contributed by atoms with van der Waals surface area (Å²) in [5.41, 5.74) is 5.62. The number of rotatable bonds is 11. The zero-order valence-electron chi connectivity index (χ0n) is 14.7. The Morgan fingerprint density at radius 1 is 1.12 bits per heavy atom. The highest BCUT2D eigenvalue weighted by molar-refractivity contribution is 5.92. The van der Waals surface area contributed by atoms with Crippen molar-refractivity contribution in [1.82, 2.24) is 5.32 Å². The largest absolute Gasteiger partial charge is 0.493 e. The van der Waals surface area contributed by atoms with E-state index in [1.807, 2.05) is 12.1 Å². The van der Waals surface area contributed by atoms with Crippen LogP contribution in [0.15, 0.2) is 48.5 Å². The van der Waals surface area contributed by atoms with E-state index in [9.17, 15) is 9.90 Å². The Morgan fingerprint density at radius 2 is 1.81 bits per heavy atom. The van der Waals surface area contributed by atoms with Crippen molar-refractivity contribution in [2.45, 2.75) is 6.10 Å². The second-order valence-electron chi connectivity index (χ2n) is 5.56. The van der Waals surface area contributed by atoms with Crippen LogP contribution in [-0.4, -0.2) is 50.5 Å². The van der Waals surface area contributed by atoms with Crippen LogP contribution in [0.4, 0.5) is 0 Å².